The molecule has 1 amide bonds. The molecule has 0 saturated carbocycles. The number of amides is 1. The van der Waals surface area contributed by atoms with Crippen molar-refractivity contribution in [1.82, 2.24) is 4.57 Å². The Hall–Kier alpha value is -3.31. The van der Waals surface area contributed by atoms with Crippen LogP contribution in [0.3, 0.4) is 0 Å². The Labute approximate surface area is 157 Å². The molecular formula is C19H13FN2O4S. The first kappa shape index (κ1) is 17.1. The smallest absolute Gasteiger partial charge is 0.286 e. The number of halogens is 1. The largest absolute Gasteiger partial charge is 0.484 e. The van der Waals surface area contributed by atoms with E-state index in [2.05, 4.69) is 10.9 Å². The Bertz CT molecular complexity index is 1130. The summed E-state index contributed by atoms with van der Waals surface area (Å²) in [6.07, 6.45) is 5.47. The lowest BCUT2D eigenvalue weighted by atomic mass is 10.3. The zero-order chi connectivity index (χ0) is 18.8. The minimum absolute atomic E-state index is 0.179. The number of terminal acetylenes is 1. The van der Waals surface area contributed by atoms with Crippen molar-refractivity contribution in [2.24, 2.45) is 4.99 Å². The molecule has 0 fully saturated rings. The zero-order valence-electron chi connectivity index (χ0n) is 14.0. The fourth-order valence-corrected chi connectivity index (χ4v) is 3.66. The van der Waals surface area contributed by atoms with Crippen LogP contribution >= 0.6 is 11.3 Å². The molecule has 0 radical (unpaired) electrons. The van der Waals surface area contributed by atoms with Gasteiger partial charge in [0.1, 0.15) is 11.6 Å². The highest BCUT2D eigenvalue weighted by molar-refractivity contribution is 7.16. The molecule has 0 aliphatic carbocycles. The number of nitrogens with zero attached hydrogens (tertiary/aromatic N) is 2. The normalized spacial score (nSPS) is 13.0. The van der Waals surface area contributed by atoms with Crippen LogP contribution in [-0.2, 0) is 11.3 Å². The highest BCUT2D eigenvalue weighted by Gasteiger charge is 2.17. The summed E-state index contributed by atoms with van der Waals surface area (Å²) in [5, 5.41) is 0. The van der Waals surface area contributed by atoms with Gasteiger partial charge in [-0.15, -0.1) is 6.42 Å². The van der Waals surface area contributed by atoms with E-state index in [4.69, 9.17) is 20.6 Å². The predicted octanol–water partition coefficient (Wildman–Crippen LogP) is 2.71. The van der Waals surface area contributed by atoms with Gasteiger partial charge < -0.3 is 18.8 Å². The Balaban J connectivity index is 1.63. The fourth-order valence-electron chi connectivity index (χ4n) is 2.60. The van der Waals surface area contributed by atoms with Gasteiger partial charge in [-0.2, -0.15) is 4.99 Å². The molecule has 2 heterocycles. The van der Waals surface area contributed by atoms with Gasteiger partial charge in [-0.25, -0.2) is 4.39 Å². The lowest BCUT2D eigenvalue weighted by Crippen LogP contribution is -2.19. The maximum absolute atomic E-state index is 12.9. The molecule has 27 heavy (non-hydrogen) atoms. The van der Waals surface area contributed by atoms with Crippen LogP contribution in [0.2, 0.25) is 0 Å². The highest BCUT2D eigenvalue weighted by Crippen LogP contribution is 2.36. The van der Waals surface area contributed by atoms with E-state index in [0.717, 1.165) is 10.2 Å². The molecule has 2 aromatic carbocycles. The number of carbonyl (C=O) groups is 1. The Kier molecular flexibility index (Phi) is 4.52. The van der Waals surface area contributed by atoms with Gasteiger partial charge in [-0.1, -0.05) is 17.3 Å². The second kappa shape index (κ2) is 7.13. The summed E-state index contributed by atoms with van der Waals surface area (Å²) >= 11 is 1.32. The maximum atomic E-state index is 12.9. The summed E-state index contributed by atoms with van der Waals surface area (Å²) in [5.41, 5.74) is 0.813. The van der Waals surface area contributed by atoms with Gasteiger partial charge in [0, 0.05) is 12.1 Å². The molecule has 4 rings (SSSR count). The third-order valence-electron chi connectivity index (χ3n) is 3.82. The van der Waals surface area contributed by atoms with Crippen LogP contribution in [0, 0.1) is 18.2 Å². The molecule has 1 aliphatic heterocycles. The first-order chi connectivity index (χ1) is 13.1. The summed E-state index contributed by atoms with van der Waals surface area (Å²) in [4.78, 5) is 16.8. The molecule has 0 saturated heterocycles. The fraction of sp³-hybridized carbons (Fsp3) is 0.158. The van der Waals surface area contributed by atoms with Gasteiger partial charge in [-0.05, 0) is 24.3 Å². The number of rotatable bonds is 4. The third kappa shape index (κ3) is 3.50. The molecule has 0 spiro atoms. The van der Waals surface area contributed by atoms with E-state index in [1.165, 1.54) is 35.6 Å². The predicted molar refractivity (Wildman–Crippen MR) is 97.2 cm³/mol. The molecular weight excluding hydrogens is 371 g/mol. The summed E-state index contributed by atoms with van der Waals surface area (Å²) < 4.78 is 31.7. The van der Waals surface area contributed by atoms with E-state index in [1.54, 1.807) is 4.57 Å². The number of carbonyl (C=O) groups excluding carboxylic acids is 1. The average molecular weight is 384 g/mol. The zero-order valence-corrected chi connectivity index (χ0v) is 14.8. The second-order valence-electron chi connectivity index (χ2n) is 5.60. The second-order valence-corrected chi connectivity index (χ2v) is 6.61. The van der Waals surface area contributed by atoms with Crippen molar-refractivity contribution in [3.05, 3.63) is 47.0 Å². The van der Waals surface area contributed by atoms with Crippen LogP contribution in [-0.4, -0.2) is 23.9 Å². The van der Waals surface area contributed by atoms with E-state index < -0.39 is 5.91 Å². The first-order valence-corrected chi connectivity index (χ1v) is 8.78. The minimum Gasteiger partial charge on any atom is -0.484 e. The quantitative estimate of drug-likeness (QED) is 0.649. The average Bonchev–Trinajstić information content (AvgIpc) is 3.24. The van der Waals surface area contributed by atoms with E-state index in [1.807, 2.05) is 12.1 Å². The molecule has 1 aromatic heterocycles. The number of fused-ring (bicyclic) bond motifs is 2. The molecule has 1 aliphatic rings. The van der Waals surface area contributed by atoms with Gasteiger partial charge in [0.2, 0.25) is 6.79 Å². The molecule has 0 bridgehead atoms. The van der Waals surface area contributed by atoms with Crippen LogP contribution in [0.15, 0.2) is 41.4 Å². The van der Waals surface area contributed by atoms with Gasteiger partial charge >= 0.3 is 0 Å². The number of ether oxygens (including phenoxy) is 3. The van der Waals surface area contributed by atoms with Gasteiger partial charge in [-0.3, -0.25) is 4.79 Å². The van der Waals surface area contributed by atoms with Crippen molar-refractivity contribution in [2.45, 2.75) is 6.54 Å². The molecule has 0 unspecified atom stereocenters. The minimum atomic E-state index is -0.475. The van der Waals surface area contributed by atoms with Crippen molar-refractivity contribution in [2.75, 3.05) is 13.4 Å². The summed E-state index contributed by atoms with van der Waals surface area (Å²) in [6, 6.07) is 9.07. The number of aromatic nitrogens is 1. The van der Waals surface area contributed by atoms with Crippen LogP contribution in [0.1, 0.15) is 0 Å². The number of hydrogen-bond donors (Lipinski definition) is 0. The molecule has 3 aromatic rings. The van der Waals surface area contributed by atoms with Crippen molar-refractivity contribution in [3.63, 3.8) is 0 Å². The Morgan fingerprint density at radius 2 is 2.04 bits per heavy atom. The topological polar surface area (TPSA) is 62.1 Å². The molecule has 136 valence electrons. The van der Waals surface area contributed by atoms with Crippen molar-refractivity contribution >= 4 is 27.5 Å². The highest BCUT2D eigenvalue weighted by atomic mass is 32.1. The first-order valence-electron chi connectivity index (χ1n) is 7.96. The SMILES string of the molecule is C#CCn1c(=NC(=O)COc2ccc(F)cc2)sc2cc3c(cc21)OCO3. The van der Waals surface area contributed by atoms with Crippen molar-refractivity contribution < 1.29 is 23.4 Å². The summed E-state index contributed by atoms with van der Waals surface area (Å²) in [5.74, 6) is 3.38. The molecule has 8 heteroatoms. The third-order valence-corrected chi connectivity index (χ3v) is 4.86. The van der Waals surface area contributed by atoms with Crippen LogP contribution < -0.4 is 19.0 Å². The standard InChI is InChI=1S/C19H13FN2O4S/c1-2-7-22-14-8-15-16(26-11-25-15)9-17(14)27-19(22)21-18(23)10-24-13-5-3-12(20)4-6-13/h1,3-6,8-9H,7,10-11H2. The maximum Gasteiger partial charge on any atom is 0.286 e. The summed E-state index contributed by atoms with van der Waals surface area (Å²) in [6.45, 7) is 0.168. The number of benzene rings is 2. The Morgan fingerprint density at radius 1 is 1.30 bits per heavy atom. The van der Waals surface area contributed by atoms with Gasteiger partial charge in [0.15, 0.2) is 22.9 Å². The van der Waals surface area contributed by atoms with Crippen LogP contribution in [0.4, 0.5) is 4.39 Å². The molecule has 0 atom stereocenters. The number of hydrogen-bond acceptors (Lipinski definition) is 5. The summed E-state index contributed by atoms with van der Waals surface area (Å²) in [7, 11) is 0. The van der Waals surface area contributed by atoms with Crippen molar-refractivity contribution in [3.8, 4) is 29.6 Å². The van der Waals surface area contributed by atoms with Gasteiger partial charge in [0.25, 0.3) is 5.91 Å². The van der Waals surface area contributed by atoms with E-state index in [0.29, 0.717) is 22.0 Å². The molecule has 6 nitrogen and oxygen atoms in total. The van der Waals surface area contributed by atoms with E-state index in [-0.39, 0.29) is 25.8 Å². The van der Waals surface area contributed by atoms with E-state index >= 15 is 0 Å². The van der Waals surface area contributed by atoms with Crippen LogP contribution in [0.5, 0.6) is 17.2 Å². The van der Waals surface area contributed by atoms with Crippen LogP contribution in [0.25, 0.3) is 10.2 Å². The monoisotopic (exact) mass is 384 g/mol. The van der Waals surface area contributed by atoms with Gasteiger partial charge in [0.05, 0.1) is 16.8 Å². The van der Waals surface area contributed by atoms with Crippen molar-refractivity contribution in [1.29, 1.82) is 0 Å². The lowest BCUT2D eigenvalue weighted by molar-refractivity contribution is -0.120. The lowest BCUT2D eigenvalue weighted by Gasteiger charge is -2.03. The Morgan fingerprint density at radius 3 is 2.78 bits per heavy atom. The number of thiazole rings is 1. The van der Waals surface area contributed by atoms with E-state index in [9.17, 15) is 9.18 Å². The molecule has 0 N–H and O–H groups in total.